The van der Waals surface area contributed by atoms with Crippen LogP contribution in [-0.2, 0) is 0 Å². The van der Waals surface area contributed by atoms with Crippen LogP contribution >= 0.6 is 38.5 Å². The Morgan fingerprint density at radius 2 is 2.21 bits per heavy atom. The highest BCUT2D eigenvalue weighted by molar-refractivity contribution is 14.1. The molecular formula is C12H12BrIN2O3. The van der Waals surface area contributed by atoms with E-state index in [9.17, 15) is 9.59 Å². The minimum Gasteiger partial charge on any atom is -0.465 e. The second-order valence-corrected chi connectivity index (χ2v) is 6.33. The second kappa shape index (κ2) is 6.08. The molecule has 19 heavy (non-hydrogen) atoms. The zero-order valence-corrected chi connectivity index (χ0v) is 13.6. The number of halogens is 2. The molecule has 0 radical (unpaired) electrons. The molecule has 0 saturated carbocycles. The molecular weight excluding hydrogens is 427 g/mol. The fraction of sp³-hybridized carbons (Fsp3) is 0.333. The van der Waals surface area contributed by atoms with Gasteiger partial charge in [-0.15, -0.1) is 0 Å². The molecule has 0 aliphatic carbocycles. The van der Waals surface area contributed by atoms with Gasteiger partial charge in [0, 0.05) is 26.7 Å². The van der Waals surface area contributed by atoms with Gasteiger partial charge in [-0.05, 0) is 63.1 Å². The summed E-state index contributed by atoms with van der Waals surface area (Å²) in [5, 5.41) is 11.1. The zero-order chi connectivity index (χ0) is 14.0. The molecule has 1 atom stereocenters. The van der Waals surface area contributed by atoms with Crippen molar-refractivity contribution in [3.8, 4) is 0 Å². The molecule has 2 N–H and O–H groups in total. The van der Waals surface area contributed by atoms with Gasteiger partial charge in [-0.3, -0.25) is 4.79 Å². The quantitative estimate of drug-likeness (QED) is 0.697. The fourth-order valence-electron chi connectivity index (χ4n) is 2.05. The summed E-state index contributed by atoms with van der Waals surface area (Å²) in [4.78, 5) is 24.5. The van der Waals surface area contributed by atoms with Crippen LogP contribution in [0.5, 0.6) is 0 Å². The molecule has 7 heteroatoms. The van der Waals surface area contributed by atoms with E-state index < -0.39 is 6.09 Å². The Hall–Kier alpha value is -0.830. The maximum Gasteiger partial charge on any atom is 0.404 e. The van der Waals surface area contributed by atoms with Crippen LogP contribution < -0.4 is 5.32 Å². The SMILES string of the molecule is O=C(O)N[C@H]1CCN(C(=O)c2ccc(I)c(Br)c2)C1. The maximum atomic E-state index is 12.3. The minimum atomic E-state index is -1.05. The number of hydrogen-bond donors (Lipinski definition) is 2. The highest BCUT2D eigenvalue weighted by Gasteiger charge is 2.27. The molecule has 102 valence electrons. The number of carbonyl (C=O) groups is 2. The number of benzene rings is 1. The molecule has 1 heterocycles. The summed E-state index contributed by atoms with van der Waals surface area (Å²) in [7, 11) is 0. The average Bonchev–Trinajstić information content (AvgIpc) is 2.79. The van der Waals surface area contributed by atoms with Crippen molar-refractivity contribution in [2.45, 2.75) is 12.5 Å². The van der Waals surface area contributed by atoms with Gasteiger partial charge < -0.3 is 15.3 Å². The summed E-state index contributed by atoms with van der Waals surface area (Å²) in [6.07, 6.45) is -0.389. The predicted octanol–water partition coefficient (Wildman–Crippen LogP) is 2.54. The van der Waals surface area contributed by atoms with Crippen LogP contribution in [0.1, 0.15) is 16.8 Å². The third kappa shape index (κ3) is 3.59. The molecule has 1 aromatic carbocycles. The van der Waals surface area contributed by atoms with E-state index in [0.717, 1.165) is 8.04 Å². The monoisotopic (exact) mass is 438 g/mol. The highest BCUT2D eigenvalue weighted by atomic mass is 127. The Morgan fingerprint density at radius 3 is 2.84 bits per heavy atom. The van der Waals surface area contributed by atoms with E-state index >= 15 is 0 Å². The molecule has 1 saturated heterocycles. The number of nitrogens with zero attached hydrogens (tertiary/aromatic N) is 1. The number of carboxylic acid groups (broad SMARTS) is 1. The first kappa shape index (κ1) is 14.6. The molecule has 1 aliphatic rings. The average molecular weight is 439 g/mol. The van der Waals surface area contributed by atoms with Crippen LogP contribution in [-0.4, -0.2) is 41.1 Å². The van der Waals surface area contributed by atoms with Crippen molar-refractivity contribution in [2.24, 2.45) is 0 Å². The van der Waals surface area contributed by atoms with Crippen LogP contribution in [0.3, 0.4) is 0 Å². The van der Waals surface area contributed by atoms with Crippen molar-refractivity contribution >= 4 is 50.5 Å². The van der Waals surface area contributed by atoms with Gasteiger partial charge in [0.1, 0.15) is 0 Å². The number of hydrogen-bond acceptors (Lipinski definition) is 2. The second-order valence-electron chi connectivity index (χ2n) is 4.32. The number of carbonyl (C=O) groups excluding carboxylic acids is 1. The first-order valence-electron chi connectivity index (χ1n) is 5.71. The smallest absolute Gasteiger partial charge is 0.404 e. The van der Waals surface area contributed by atoms with Crippen LogP contribution in [0.4, 0.5) is 4.79 Å². The Balaban J connectivity index is 2.04. The molecule has 0 bridgehead atoms. The van der Waals surface area contributed by atoms with Gasteiger partial charge in [0.2, 0.25) is 0 Å². The lowest BCUT2D eigenvalue weighted by Crippen LogP contribution is -2.37. The molecule has 1 aliphatic heterocycles. The lowest BCUT2D eigenvalue weighted by molar-refractivity contribution is 0.0788. The number of rotatable bonds is 2. The largest absolute Gasteiger partial charge is 0.465 e. The Labute approximate surface area is 132 Å². The molecule has 5 nitrogen and oxygen atoms in total. The Morgan fingerprint density at radius 1 is 1.47 bits per heavy atom. The molecule has 2 amide bonds. The van der Waals surface area contributed by atoms with Gasteiger partial charge in [-0.1, -0.05) is 0 Å². The molecule has 1 aromatic rings. The zero-order valence-electron chi connectivity index (χ0n) is 9.90. The van der Waals surface area contributed by atoms with E-state index in [4.69, 9.17) is 5.11 Å². The maximum absolute atomic E-state index is 12.3. The van der Waals surface area contributed by atoms with Crippen molar-refractivity contribution in [3.63, 3.8) is 0 Å². The van der Waals surface area contributed by atoms with Crippen LogP contribution in [0, 0.1) is 3.57 Å². The van der Waals surface area contributed by atoms with Crippen LogP contribution in [0.25, 0.3) is 0 Å². The topological polar surface area (TPSA) is 69.6 Å². The molecule has 1 fully saturated rings. The number of amides is 2. The summed E-state index contributed by atoms with van der Waals surface area (Å²) in [5.41, 5.74) is 0.614. The van der Waals surface area contributed by atoms with Crippen LogP contribution in [0.15, 0.2) is 22.7 Å². The summed E-state index contributed by atoms with van der Waals surface area (Å²) in [6.45, 7) is 1.00. The number of nitrogens with one attached hydrogen (secondary N) is 1. The van der Waals surface area contributed by atoms with Crippen molar-refractivity contribution < 1.29 is 14.7 Å². The summed E-state index contributed by atoms with van der Waals surface area (Å²) >= 11 is 5.58. The normalized spacial score (nSPS) is 18.4. The van der Waals surface area contributed by atoms with Gasteiger partial charge in [0.25, 0.3) is 5.91 Å². The van der Waals surface area contributed by atoms with Crippen molar-refractivity contribution in [1.82, 2.24) is 10.2 Å². The summed E-state index contributed by atoms with van der Waals surface area (Å²) in [5.74, 6) is -0.0632. The Bertz CT molecular complexity index is 524. The van der Waals surface area contributed by atoms with Gasteiger partial charge in [0.15, 0.2) is 0 Å². The van der Waals surface area contributed by atoms with E-state index in [1.165, 1.54) is 0 Å². The third-order valence-corrected chi connectivity index (χ3v) is 5.31. The molecule has 0 aromatic heterocycles. The van der Waals surface area contributed by atoms with Gasteiger partial charge in [-0.25, -0.2) is 4.79 Å². The first-order valence-corrected chi connectivity index (χ1v) is 7.58. The highest BCUT2D eigenvalue weighted by Crippen LogP contribution is 2.22. The third-order valence-electron chi connectivity index (χ3n) is 2.97. The van der Waals surface area contributed by atoms with Gasteiger partial charge in [0.05, 0.1) is 6.04 Å². The lowest BCUT2D eigenvalue weighted by Gasteiger charge is -2.17. The standard InChI is InChI=1S/C12H12BrIN2O3/c13-9-5-7(1-2-10(9)14)11(17)16-4-3-8(6-16)15-12(18)19/h1-2,5,8,15H,3-4,6H2,(H,18,19)/t8-/m0/s1. The summed E-state index contributed by atoms with van der Waals surface area (Å²) in [6, 6.07) is 5.28. The van der Waals surface area contributed by atoms with E-state index in [2.05, 4.69) is 43.8 Å². The molecule has 0 unspecified atom stereocenters. The van der Waals surface area contributed by atoms with E-state index in [1.807, 2.05) is 6.07 Å². The van der Waals surface area contributed by atoms with Crippen molar-refractivity contribution in [3.05, 3.63) is 31.8 Å². The minimum absolute atomic E-state index is 0.0632. The van der Waals surface area contributed by atoms with E-state index in [0.29, 0.717) is 25.1 Å². The Kier molecular flexibility index (Phi) is 4.67. The van der Waals surface area contributed by atoms with Crippen molar-refractivity contribution in [2.75, 3.05) is 13.1 Å². The fourth-order valence-corrected chi connectivity index (χ4v) is 2.76. The summed E-state index contributed by atoms with van der Waals surface area (Å²) < 4.78 is 1.93. The number of likely N-dealkylation sites (tertiary alicyclic amines) is 1. The van der Waals surface area contributed by atoms with Gasteiger partial charge in [-0.2, -0.15) is 0 Å². The molecule has 2 rings (SSSR count). The van der Waals surface area contributed by atoms with Gasteiger partial charge >= 0.3 is 6.09 Å². The lowest BCUT2D eigenvalue weighted by atomic mass is 10.2. The van der Waals surface area contributed by atoms with Crippen LogP contribution in [0.2, 0.25) is 0 Å². The van der Waals surface area contributed by atoms with Crippen molar-refractivity contribution in [1.29, 1.82) is 0 Å². The van der Waals surface area contributed by atoms with E-state index in [-0.39, 0.29) is 11.9 Å². The predicted molar refractivity (Wildman–Crippen MR) is 82.3 cm³/mol. The van der Waals surface area contributed by atoms with E-state index in [1.54, 1.807) is 17.0 Å². The molecule has 0 spiro atoms. The first-order chi connectivity index (χ1) is 8.97.